The van der Waals surface area contributed by atoms with Gasteiger partial charge in [0.2, 0.25) is 0 Å². The minimum Gasteiger partial charge on any atom is -0.497 e. The Morgan fingerprint density at radius 1 is 1.13 bits per heavy atom. The van der Waals surface area contributed by atoms with E-state index in [0.29, 0.717) is 0 Å². The number of methoxy groups -OCH3 is 2. The van der Waals surface area contributed by atoms with Crippen LogP contribution in [0.4, 0.5) is 0 Å². The fourth-order valence-electron chi connectivity index (χ4n) is 1.36. The van der Waals surface area contributed by atoms with E-state index < -0.39 is 0 Å². The summed E-state index contributed by atoms with van der Waals surface area (Å²) < 4.78 is 10.3. The van der Waals surface area contributed by atoms with Gasteiger partial charge >= 0.3 is 0 Å². The van der Waals surface area contributed by atoms with Gasteiger partial charge in [0.05, 0.1) is 14.2 Å². The highest BCUT2D eigenvalue weighted by Crippen LogP contribution is 2.22. The molecule has 15 heavy (non-hydrogen) atoms. The molecule has 1 atom stereocenters. The van der Waals surface area contributed by atoms with Crippen LogP contribution in [0.1, 0.15) is 12.5 Å². The van der Waals surface area contributed by atoms with Crippen molar-refractivity contribution in [2.75, 3.05) is 14.2 Å². The van der Waals surface area contributed by atoms with Gasteiger partial charge in [0, 0.05) is 12.1 Å². The molecule has 86 valence electrons. The zero-order valence-corrected chi connectivity index (χ0v) is 10.1. The molecule has 3 nitrogen and oxygen atoms in total. The molecule has 0 bridgehead atoms. The number of hydrogen-bond donors (Lipinski definition) is 1. The molecule has 1 unspecified atom stereocenters. The quantitative estimate of drug-likeness (QED) is 0.862. The Kier molecular flexibility index (Phi) is 6.13. The van der Waals surface area contributed by atoms with E-state index in [0.717, 1.165) is 23.5 Å². The normalized spacial score (nSPS) is 11.5. The van der Waals surface area contributed by atoms with Crippen molar-refractivity contribution in [1.82, 2.24) is 0 Å². The van der Waals surface area contributed by atoms with Crippen molar-refractivity contribution in [2.24, 2.45) is 5.73 Å². The molecule has 0 radical (unpaired) electrons. The summed E-state index contributed by atoms with van der Waals surface area (Å²) in [6.45, 7) is 1.98. The van der Waals surface area contributed by atoms with Crippen LogP contribution in [0.5, 0.6) is 11.5 Å². The average Bonchev–Trinajstić information content (AvgIpc) is 2.16. The van der Waals surface area contributed by atoms with Gasteiger partial charge in [0.25, 0.3) is 0 Å². The molecule has 0 spiro atoms. The van der Waals surface area contributed by atoms with E-state index in [2.05, 4.69) is 0 Å². The Morgan fingerprint density at radius 3 is 1.93 bits per heavy atom. The summed E-state index contributed by atoms with van der Waals surface area (Å²) in [5.41, 5.74) is 6.86. The molecule has 0 heterocycles. The Balaban J connectivity index is 0.00000196. The van der Waals surface area contributed by atoms with Crippen molar-refractivity contribution in [1.29, 1.82) is 0 Å². The van der Waals surface area contributed by atoms with E-state index >= 15 is 0 Å². The number of rotatable bonds is 4. The predicted molar refractivity (Wildman–Crippen MR) is 64.1 cm³/mol. The monoisotopic (exact) mass is 231 g/mol. The van der Waals surface area contributed by atoms with Crippen LogP contribution in [-0.4, -0.2) is 20.3 Å². The van der Waals surface area contributed by atoms with E-state index in [9.17, 15) is 0 Å². The summed E-state index contributed by atoms with van der Waals surface area (Å²) >= 11 is 0. The maximum absolute atomic E-state index is 5.73. The lowest BCUT2D eigenvalue weighted by molar-refractivity contribution is 0.393. The first-order valence-corrected chi connectivity index (χ1v) is 4.63. The smallest absolute Gasteiger partial charge is 0.122 e. The van der Waals surface area contributed by atoms with Gasteiger partial charge in [-0.25, -0.2) is 0 Å². The predicted octanol–water partition coefficient (Wildman–Crippen LogP) is 2.02. The van der Waals surface area contributed by atoms with Crippen LogP contribution >= 0.6 is 12.4 Å². The Labute approximate surface area is 97.0 Å². The van der Waals surface area contributed by atoms with Crippen molar-refractivity contribution >= 4 is 12.4 Å². The number of benzene rings is 1. The van der Waals surface area contributed by atoms with Gasteiger partial charge in [-0.15, -0.1) is 12.4 Å². The number of nitrogens with two attached hydrogens (primary N) is 1. The molecule has 0 fully saturated rings. The lowest BCUT2D eigenvalue weighted by atomic mass is 10.1. The van der Waals surface area contributed by atoms with Crippen molar-refractivity contribution in [3.8, 4) is 11.5 Å². The van der Waals surface area contributed by atoms with Gasteiger partial charge in [-0.05, 0) is 31.0 Å². The maximum atomic E-state index is 5.73. The molecule has 0 aliphatic rings. The third-order valence-electron chi connectivity index (χ3n) is 1.97. The van der Waals surface area contributed by atoms with Gasteiger partial charge in [-0.2, -0.15) is 0 Å². The van der Waals surface area contributed by atoms with Crippen molar-refractivity contribution in [3.63, 3.8) is 0 Å². The molecule has 4 heteroatoms. The molecule has 0 amide bonds. The summed E-state index contributed by atoms with van der Waals surface area (Å²) in [4.78, 5) is 0. The molecule has 1 aromatic carbocycles. The van der Waals surface area contributed by atoms with Crippen molar-refractivity contribution in [3.05, 3.63) is 23.8 Å². The molecule has 2 N–H and O–H groups in total. The van der Waals surface area contributed by atoms with Crippen molar-refractivity contribution < 1.29 is 9.47 Å². The van der Waals surface area contributed by atoms with Crippen LogP contribution in [-0.2, 0) is 6.42 Å². The standard InChI is InChI=1S/C11H17NO2.ClH/c1-8(12)4-9-5-10(13-2)7-11(6-9)14-3;/h5-8H,4,12H2,1-3H3;1H. The summed E-state index contributed by atoms with van der Waals surface area (Å²) in [5, 5.41) is 0. The maximum Gasteiger partial charge on any atom is 0.122 e. The zero-order chi connectivity index (χ0) is 10.6. The molecule has 0 saturated carbocycles. The molecule has 1 rings (SSSR count). The highest BCUT2D eigenvalue weighted by molar-refractivity contribution is 5.85. The fourth-order valence-corrected chi connectivity index (χ4v) is 1.36. The van der Waals surface area contributed by atoms with Gasteiger partial charge in [-0.3, -0.25) is 0 Å². The zero-order valence-electron chi connectivity index (χ0n) is 9.32. The first-order valence-electron chi connectivity index (χ1n) is 4.63. The third-order valence-corrected chi connectivity index (χ3v) is 1.97. The van der Waals surface area contributed by atoms with E-state index in [-0.39, 0.29) is 18.4 Å². The van der Waals surface area contributed by atoms with Crippen LogP contribution in [0.25, 0.3) is 0 Å². The van der Waals surface area contributed by atoms with Crippen LogP contribution in [0.15, 0.2) is 18.2 Å². The van der Waals surface area contributed by atoms with Crippen LogP contribution in [0.3, 0.4) is 0 Å². The highest BCUT2D eigenvalue weighted by atomic mass is 35.5. The van der Waals surface area contributed by atoms with Crippen LogP contribution in [0.2, 0.25) is 0 Å². The van der Waals surface area contributed by atoms with Gasteiger partial charge < -0.3 is 15.2 Å². The third kappa shape index (κ3) is 4.40. The molecule has 0 aliphatic carbocycles. The second-order valence-electron chi connectivity index (χ2n) is 3.40. The minimum absolute atomic E-state index is 0. The van der Waals surface area contributed by atoms with Crippen molar-refractivity contribution in [2.45, 2.75) is 19.4 Å². The molecular formula is C11H18ClNO2. The molecule has 0 aromatic heterocycles. The summed E-state index contributed by atoms with van der Waals surface area (Å²) in [6.07, 6.45) is 0.827. The minimum atomic E-state index is 0. The van der Waals surface area contributed by atoms with Gasteiger partial charge in [-0.1, -0.05) is 0 Å². The summed E-state index contributed by atoms with van der Waals surface area (Å²) in [5.74, 6) is 1.61. The van der Waals surface area contributed by atoms with Gasteiger partial charge in [0.15, 0.2) is 0 Å². The average molecular weight is 232 g/mol. The second-order valence-corrected chi connectivity index (χ2v) is 3.40. The topological polar surface area (TPSA) is 44.5 Å². The first-order chi connectivity index (χ1) is 6.65. The van der Waals surface area contributed by atoms with E-state index in [1.54, 1.807) is 14.2 Å². The Bertz CT molecular complexity index is 280. The Morgan fingerprint density at radius 2 is 1.60 bits per heavy atom. The number of halogens is 1. The lowest BCUT2D eigenvalue weighted by Crippen LogP contribution is -2.17. The fraction of sp³-hybridized carbons (Fsp3) is 0.455. The highest BCUT2D eigenvalue weighted by Gasteiger charge is 2.03. The van der Waals surface area contributed by atoms with E-state index in [1.807, 2.05) is 25.1 Å². The van der Waals surface area contributed by atoms with E-state index in [4.69, 9.17) is 15.2 Å². The molecule has 0 saturated heterocycles. The van der Waals surface area contributed by atoms with Crippen LogP contribution < -0.4 is 15.2 Å². The molecule has 1 aromatic rings. The van der Waals surface area contributed by atoms with Gasteiger partial charge in [0.1, 0.15) is 11.5 Å². The lowest BCUT2D eigenvalue weighted by Gasteiger charge is -2.09. The second kappa shape index (κ2) is 6.53. The largest absolute Gasteiger partial charge is 0.497 e. The molecule has 0 aliphatic heterocycles. The summed E-state index contributed by atoms with van der Waals surface area (Å²) in [7, 11) is 3.29. The number of hydrogen-bond acceptors (Lipinski definition) is 3. The van der Waals surface area contributed by atoms with Crippen LogP contribution in [0, 0.1) is 0 Å². The number of ether oxygens (including phenoxy) is 2. The molecular weight excluding hydrogens is 214 g/mol. The first kappa shape index (κ1) is 14.1. The Hall–Kier alpha value is -0.930. The van der Waals surface area contributed by atoms with E-state index in [1.165, 1.54) is 0 Å². The SMILES string of the molecule is COc1cc(CC(C)N)cc(OC)c1.Cl. The summed E-state index contributed by atoms with van der Waals surface area (Å²) in [6, 6.07) is 5.95.